The zero-order chi connectivity index (χ0) is 9.14. The van der Waals surface area contributed by atoms with Crippen LogP contribution < -0.4 is 0 Å². The van der Waals surface area contributed by atoms with E-state index < -0.39 is 0 Å². The average Bonchev–Trinajstić information content (AvgIpc) is 2.01. The summed E-state index contributed by atoms with van der Waals surface area (Å²) < 4.78 is 3.33. The lowest BCUT2D eigenvalue weighted by Crippen LogP contribution is -1.88. The molecule has 66 valence electrons. The van der Waals surface area contributed by atoms with Crippen molar-refractivity contribution in [3.63, 3.8) is 0 Å². The second kappa shape index (κ2) is 5.13. The molecule has 0 fully saturated rings. The normalized spacial score (nSPS) is 10.3. The molecule has 0 amide bonds. The fourth-order valence-electron chi connectivity index (χ4n) is 0.857. The summed E-state index contributed by atoms with van der Waals surface area (Å²) in [5.41, 5.74) is 1.31. The Kier molecular flexibility index (Phi) is 4.79. The van der Waals surface area contributed by atoms with Gasteiger partial charge in [-0.25, -0.2) is 0 Å². The van der Waals surface area contributed by atoms with E-state index in [1.807, 2.05) is 0 Å². The summed E-state index contributed by atoms with van der Waals surface area (Å²) in [6, 6.07) is 4.18. The van der Waals surface area contributed by atoms with Crippen LogP contribution in [0.25, 0.3) is 0 Å². The van der Waals surface area contributed by atoms with Crippen molar-refractivity contribution in [1.29, 1.82) is 0 Å². The van der Waals surface area contributed by atoms with Crippen molar-refractivity contribution in [3.05, 3.63) is 31.1 Å². The molecule has 0 aliphatic carbocycles. The van der Waals surface area contributed by atoms with Crippen LogP contribution >= 0.6 is 63.7 Å². The summed E-state index contributed by atoms with van der Waals surface area (Å²) in [5, 5.41) is 0.986. The summed E-state index contributed by atoms with van der Waals surface area (Å²) in [7, 11) is 0. The minimum Gasteiger partial charge on any atom is -0.0924 e. The third-order valence-electron chi connectivity index (χ3n) is 1.45. The van der Waals surface area contributed by atoms with Crippen molar-refractivity contribution in [3.8, 4) is 0 Å². The summed E-state index contributed by atoms with van der Waals surface area (Å²) >= 11 is 13.8. The Hall–Kier alpha value is 1.14. The average molecular weight is 422 g/mol. The summed E-state index contributed by atoms with van der Waals surface area (Å²) in [4.78, 5) is 0. The molecule has 0 bridgehead atoms. The first-order chi connectivity index (χ1) is 5.65. The van der Waals surface area contributed by atoms with Crippen LogP contribution in [-0.2, 0) is 6.42 Å². The number of rotatable bonds is 2. The molecular formula is C8H6Br4. The predicted molar refractivity (Wildman–Crippen MR) is 67.0 cm³/mol. The highest BCUT2D eigenvalue weighted by Gasteiger charge is 2.03. The first-order valence-electron chi connectivity index (χ1n) is 3.34. The van der Waals surface area contributed by atoms with Crippen LogP contribution in [0.2, 0.25) is 0 Å². The standard InChI is InChI=1S/C8H6Br4/c9-2-1-5-3-7(11)8(12)4-6(5)10/h3-4H,1-2H2. The molecule has 12 heavy (non-hydrogen) atoms. The van der Waals surface area contributed by atoms with Crippen molar-refractivity contribution in [1.82, 2.24) is 0 Å². The molecule has 0 saturated carbocycles. The Bertz CT molecular complexity index is 283. The van der Waals surface area contributed by atoms with E-state index in [-0.39, 0.29) is 0 Å². The Morgan fingerprint density at radius 2 is 1.50 bits per heavy atom. The molecule has 1 rings (SSSR count). The SMILES string of the molecule is BrCCc1cc(Br)c(Br)cc1Br. The van der Waals surface area contributed by atoms with Gasteiger partial charge < -0.3 is 0 Å². The molecule has 0 aromatic heterocycles. The van der Waals surface area contributed by atoms with Crippen LogP contribution in [0.15, 0.2) is 25.6 Å². The van der Waals surface area contributed by atoms with Crippen molar-refractivity contribution in [2.75, 3.05) is 5.33 Å². The first kappa shape index (κ1) is 11.2. The summed E-state index contributed by atoms with van der Waals surface area (Å²) in [5.74, 6) is 0. The van der Waals surface area contributed by atoms with Gasteiger partial charge in [-0.15, -0.1) is 0 Å². The first-order valence-corrected chi connectivity index (χ1v) is 6.84. The van der Waals surface area contributed by atoms with Crippen molar-refractivity contribution in [2.24, 2.45) is 0 Å². The van der Waals surface area contributed by atoms with Gasteiger partial charge in [0.25, 0.3) is 0 Å². The topological polar surface area (TPSA) is 0 Å². The number of halogens is 4. The minimum atomic E-state index is 0.986. The van der Waals surface area contributed by atoms with Gasteiger partial charge in [-0.2, -0.15) is 0 Å². The van der Waals surface area contributed by atoms with E-state index in [0.29, 0.717) is 0 Å². The van der Waals surface area contributed by atoms with E-state index in [1.165, 1.54) is 5.56 Å². The van der Waals surface area contributed by atoms with E-state index in [4.69, 9.17) is 0 Å². The van der Waals surface area contributed by atoms with Gasteiger partial charge in [-0.1, -0.05) is 31.9 Å². The van der Waals surface area contributed by atoms with Gasteiger partial charge in [0.2, 0.25) is 0 Å². The molecule has 0 aliphatic heterocycles. The van der Waals surface area contributed by atoms with E-state index in [2.05, 4.69) is 75.9 Å². The van der Waals surface area contributed by atoms with Crippen LogP contribution in [0.4, 0.5) is 0 Å². The van der Waals surface area contributed by atoms with Gasteiger partial charge in [0, 0.05) is 18.7 Å². The van der Waals surface area contributed by atoms with Crippen LogP contribution in [0.1, 0.15) is 5.56 Å². The van der Waals surface area contributed by atoms with E-state index in [9.17, 15) is 0 Å². The molecule has 0 saturated heterocycles. The number of benzene rings is 1. The lowest BCUT2D eigenvalue weighted by Gasteiger charge is -2.04. The second-order valence-electron chi connectivity index (χ2n) is 2.30. The number of hydrogen-bond donors (Lipinski definition) is 0. The largest absolute Gasteiger partial charge is 0.0924 e. The van der Waals surface area contributed by atoms with Crippen molar-refractivity contribution in [2.45, 2.75) is 6.42 Å². The Morgan fingerprint density at radius 3 is 2.08 bits per heavy atom. The van der Waals surface area contributed by atoms with Gasteiger partial charge in [-0.3, -0.25) is 0 Å². The minimum absolute atomic E-state index is 0.986. The molecular weight excluding hydrogens is 416 g/mol. The van der Waals surface area contributed by atoms with Crippen LogP contribution in [0.5, 0.6) is 0 Å². The monoisotopic (exact) mass is 418 g/mol. The maximum Gasteiger partial charge on any atom is 0.0328 e. The highest BCUT2D eigenvalue weighted by molar-refractivity contribution is 9.13. The molecule has 0 unspecified atom stereocenters. The van der Waals surface area contributed by atoms with Gasteiger partial charge in [0.1, 0.15) is 0 Å². The van der Waals surface area contributed by atoms with Crippen LogP contribution in [-0.4, -0.2) is 5.33 Å². The van der Waals surface area contributed by atoms with E-state index >= 15 is 0 Å². The highest BCUT2D eigenvalue weighted by Crippen LogP contribution is 2.30. The third-order valence-corrected chi connectivity index (χ3v) is 4.43. The van der Waals surface area contributed by atoms with Gasteiger partial charge in [0.05, 0.1) is 0 Å². The Labute approximate surface area is 106 Å². The third kappa shape index (κ3) is 2.82. The van der Waals surface area contributed by atoms with Gasteiger partial charge >= 0.3 is 0 Å². The molecule has 0 nitrogen and oxygen atoms in total. The Balaban J connectivity index is 3.05. The van der Waals surface area contributed by atoms with Crippen LogP contribution in [0, 0.1) is 0 Å². The maximum absolute atomic E-state index is 3.51. The zero-order valence-corrected chi connectivity index (χ0v) is 12.4. The van der Waals surface area contributed by atoms with Crippen molar-refractivity contribution < 1.29 is 0 Å². The van der Waals surface area contributed by atoms with E-state index in [1.54, 1.807) is 0 Å². The molecule has 0 radical (unpaired) electrons. The number of hydrogen-bond acceptors (Lipinski definition) is 0. The predicted octanol–water partition coefficient (Wildman–Crippen LogP) is 4.91. The van der Waals surface area contributed by atoms with Gasteiger partial charge in [0.15, 0.2) is 0 Å². The number of alkyl halides is 1. The highest BCUT2D eigenvalue weighted by atomic mass is 79.9. The molecule has 0 heterocycles. The molecule has 0 aliphatic rings. The molecule has 1 aromatic carbocycles. The second-order valence-corrected chi connectivity index (χ2v) is 5.65. The lowest BCUT2D eigenvalue weighted by atomic mass is 10.2. The maximum atomic E-state index is 3.51. The quantitative estimate of drug-likeness (QED) is 0.470. The number of aryl methyl sites for hydroxylation is 1. The van der Waals surface area contributed by atoms with E-state index in [0.717, 1.165) is 25.2 Å². The molecule has 0 spiro atoms. The van der Waals surface area contributed by atoms with Crippen LogP contribution in [0.3, 0.4) is 0 Å². The lowest BCUT2D eigenvalue weighted by molar-refractivity contribution is 1.15. The zero-order valence-electron chi connectivity index (χ0n) is 6.08. The van der Waals surface area contributed by atoms with Gasteiger partial charge in [-0.05, 0) is 56.0 Å². The fourth-order valence-corrected chi connectivity index (χ4v) is 2.87. The molecule has 1 aromatic rings. The summed E-state index contributed by atoms with van der Waals surface area (Å²) in [6.07, 6.45) is 1.03. The molecule has 4 heteroatoms. The fraction of sp³-hybridized carbons (Fsp3) is 0.250. The molecule has 0 atom stereocenters. The molecule has 0 N–H and O–H groups in total. The van der Waals surface area contributed by atoms with Crippen molar-refractivity contribution >= 4 is 63.7 Å². The summed E-state index contributed by atoms with van der Waals surface area (Å²) in [6.45, 7) is 0. The smallest absolute Gasteiger partial charge is 0.0328 e. The Morgan fingerprint density at radius 1 is 0.917 bits per heavy atom.